The number of aromatic nitrogens is 3. The van der Waals surface area contributed by atoms with Crippen molar-refractivity contribution in [3.05, 3.63) is 66.6 Å². The van der Waals surface area contributed by atoms with E-state index < -0.39 is 6.10 Å². The summed E-state index contributed by atoms with van der Waals surface area (Å²) in [6, 6.07) is 15.5. The zero-order chi connectivity index (χ0) is 20.5. The molecule has 0 fully saturated rings. The largest absolute Gasteiger partial charge is 0.457 e. The Kier molecular flexibility index (Phi) is 4.94. The molecule has 3 N–H and O–H groups in total. The monoisotopic (exact) mass is 388 g/mol. The number of anilines is 1. The Morgan fingerprint density at radius 1 is 1.00 bits per heavy atom. The van der Waals surface area contributed by atoms with Crippen LogP contribution in [0.5, 0.6) is 11.5 Å². The van der Waals surface area contributed by atoms with Gasteiger partial charge in [0.05, 0.1) is 11.5 Å². The number of nitrogens with two attached hydrogens (primary N) is 1. The third-order valence-corrected chi connectivity index (χ3v) is 4.96. The maximum atomic E-state index is 9.94. The molecule has 0 radical (unpaired) electrons. The number of aliphatic hydroxyl groups excluding tert-OH is 1. The van der Waals surface area contributed by atoms with Crippen molar-refractivity contribution in [2.75, 3.05) is 5.73 Å². The van der Waals surface area contributed by atoms with Gasteiger partial charge in [0.15, 0.2) is 0 Å². The first kappa shape index (κ1) is 19.0. The van der Waals surface area contributed by atoms with Crippen molar-refractivity contribution in [1.82, 2.24) is 14.5 Å². The van der Waals surface area contributed by atoms with Crippen LogP contribution in [0.25, 0.3) is 22.2 Å². The van der Waals surface area contributed by atoms with Crippen molar-refractivity contribution in [1.29, 1.82) is 0 Å². The highest BCUT2D eigenvalue weighted by atomic mass is 16.5. The number of rotatable bonds is 5. The van der Waals surface area contributed by atoms with Gasteiger partial charge in [-0.15, -0.1) is 0 Å². The molecular formula is C23H24N4O2. The van der Waals surface area contributed by atoms with E-state index in [2.05, 4.69) is 34.6 Å². The molecular weight excluding hydrogens is 364 g/mol. The molecule has 0 aliphatic heterocycles. The lowest BCUT2D eigenvalue weighted by molar-refractivity contribution is 0.195. The predicted octanol–water partition coefficient (Wildman–Crippen LogP) is 5.11. The third-order valence-electron chi connectivity index (χ3n) is 4.96. The lowest BCUT2D eigenvalue weighted by atomic mass is 10.1. The Morgan fingerprint density at radius 3 is 2.41 bits per heavy atom. The number of benzene rings is 2. The van der Waals surface area contributed by atoms with Crippen LogP contribution in [0.15, 0.2) is 61.1 Å². The molecule has 2 aromatic heterocycles. The van der Waals surface area contributed by atoms with E-state index >= 15 is 0 Å². The molecule has 0 saturated carbocycles. The highest BCUT2D eigenvalue weighted by Crippen LogP contribution is 2.36. The van der Waals surface area contributed by atoms with Crippen molar-refractivity contribution >= 4 is 16.9 Å². The van der Waals surface area contributed by atoms with Crippen molar-refractivity contribution in [3.8, 4) is 22.6 Å². The fraction of sp³-hybridized carbons (Fsp3) is 0.217. The molecule has 2 heterocycles. The fourth-order valence-electron chi connectivity index (χ4n) is 3.47. The molecule has 0 saturated heterocycles. The number of nitrogens with zero attached hydrogens (tertiary/aromatic N) is 3. The lowest BCUT2D eigenvalue weighted by Crippen LogP contribution is -2.00. The second kappa shape index (κ2) is 7.56. The van der Waals surface area contributed by atoms with Crippen LogP contribution in [-0.4, -0.2) is 19.6 Å². The minimum Gasteiger partial charge on any atom is -0.457 e. The van der Waals surface area contributed by atoms with Gasteiger partial charge in [-0.1, -0.05) is 30.3 Å². The van der Waals surface area contributed by atoms with Crippen molar-refractivity contribution in [3.63, 3.8) is 0 Å². The Bertz CT molecular complexity index is 1150. The topological polar surface area (TPSA) is 86.2 Å². The minimum atomic E-state index is -0.601. The number of ether oxygens (including phenoxy) is 1. The van der Waals surface area contributed by atoms with E-state index in [1.807, 2.05) is 48.5 Å². The van der Waals surface area contributed by atoms with Crippen LogP contribution >= 0.6 is 0 Å². The van der Waals surface area contributed by atoms with E-state index in [1.165, 1.54) is 6.33 Å². The molecule has 6 heteroatoms. The molecule has 2 aromatic carbocycles. The molecule has 0 amide bonds. The predicted molar refractivity (Wildman–Crippen MR) is 115 cm³/mol. The summed E-state index contributed by atoms with van der Waals surface area (Å²) in [6.07, 6.45) is 2.96. The zero-order valence-corrected chi connectivity index (χ0v) is 16.7. The summed E-state index contributed by atoms with van der Waals surface area (Å²) in [6.45, 7) is 5.94. The van der Waals surface area contributed by atoms with Gasteiger partial charge in [-0.2, -0.15) is 0 Å². The van der Waals surface area contributed by atoms with E-state index in [1.54, 1.807) is 6.92 Å². The normalized spacial score (nSPS) is 12.4. The molecule has 0 spiro atoms. The standard InChI is InChI=1S/C23H24N4O2/c1-14(2)27-12-19(21-22(24)25-13-26-23(21)27)16-8-10-17(11-9-16)29-20-7-5-4-6-18(20)15(3)28/h4-15,28H,1-3H3,(H2,24,25,26). The SMILES string of the molecule is CC(O)c1ccccc1Oc1ccc(-c2cn(C(C)C)c3ncnc(N)c23)cc1. The quantitative estimate of drug-likeness (QED) is 0.496. The summed E-state index contributed by atoms with van der Waals surface area (Å²) < 4.78 is 8.10. The van der Waals surface area contributed by atoms with Gasteiger partial charge >= 0.3 is 0 Å². The zero-order valence-electron chi connectivity index (χ0n) is 16.7. The van der Waals surface area contributed by atoms with Gasteiger partial charge in [-0.25, -0.2) is 9.97 Å². The van der Waals surface area contributed by atoms with Gasteiger partial charge < -0.3 is 20.1 Å². The summed E-state index contributed by atoms with van der Waals surface area (Å²) >= 11 is 0. The van der Waals surface area contributed by atoms with Crippen LogP contribution in [0, 0.1) is 0 Å². The average Bonchev–Trinajstić information content (AvgIpc) is 3.10. The van der Waals surface area contributed by atoms with Crippen LogP contribution in [0.1, 0.15) is 38.5 Å². The number of hydrogen-bond donors (Lipinski definition) is 2. The molecule has 4 rings (SSSR count). The summed E-state index contributed by atoms with van der Waals surface area (Å²) in [5, 5.41) is 10.8. The second-order valence-electron chi connectivity index (χ2n) is 7.34. The summed E-state index contributed by atoms with van der Waals surface area (Å²) in [5.41, 5.74) is 9.75. The van der Waals surface area contributed by atoms with Crippen LogP contribution in [0.2, 0.25) is 0 Å². The van der Waals surface area contributed by atoms with Gasteiger partial charge in [0.25, 0.3) is 0 Å². The Morgan fingerprint density at radius 2 is 1.72 bits per heavy atom. The number of fused-ring (bicyclic) bond motifs is 1. The first-order valence-corrected chi connectivity index (χ1v) is 9.62. The van der Waals surface area contributed by atoms with E-state index in [0.29, 0.717) is 17.3 Å². The maximum Gasteiger partial charge on any atom is 0.146 e. The Hall–Kier alpha value is -3.38. The smallest absolute Gasteiger partial charge is 0.146 e. The van der Waals surface area contributed by atoms with Crippen molar-refractivity contribution < 1.29 is 9.84 Å². The second-order valence-corrected chi connectivity index (χ2v) is 7.34. The summed E-state index contributed by atoms with van der Waals surface area (Å²) in [4.78, 5) is 8.60. The van der Waals surface area contributed by atoms with Gasteiger partial charge in [0, 0.05) is 23.4 Å². The first-order chi connectivity index (χ1) is 14.0. The van der Waals surface area contributed by atoms with Crippen LogP contribution < -0.4 is 10.5 Å². The van der Waals surface area contributed by atoms with Crippen LogP contribution in [0.4, 0.5) is 5.82 Å². The molecule has 4 aromatic rings. The average molecular weight is 388 g/mol. The van der Waals surface area contributed by atoms with Gasteiger partial charge in [-0.05, 0) is 44.5 Å². The van der Waals surface area contributed by atoms with Crippen molar-refractivity contribution in [2.45, 2.75) is 32.9 Å². The molecule has 148 valence electrons. The van der Waals surface area contributed by atoms with Gasteiger partial charge in [0.2, 0.25) is 0 Å². The van der Waals surface area contributed by atoms with E-state index in [4.69, 9.17) is 10.5 Å². The summed E-state index contributed by atoms with van der Waals surface area (Å²) in [7, 11) is 0. The summed E-state index contributed by atoms with van der Waals surface area (Å²) in [5.74, 6) is 1.80. The molecule has 1 atom stereocenters. The molecule has 29 heavy (non-hydrogen) atoms. The number of nitrogen functional groups attached to an aromatic ring is 1. The fourth-order valence-corrected chi connectivity index (χ4v) is 3.47. The molecule has 0 aliphatic rings. The highest BCUT2D eigenvalue weighted by Gasteiger charge is 2.16. The Labute approximate surface area is 169 Å². The van der Waals surface area contributed by atoms with E-state index in [0.717, 1.165) is 27.7 Å². The van der Waals surface area contributed by atoms with Crippen LogP contribution in [0.3, 0.4) is 0 Å². The van der Waals surface area contributed by atoms with Crippen LogP contribution in [-0.2, 0) is 0 Å². The number of para-hydroxylation sites is 1. The molecule has 0 bridgehead atoms. The van der Waals surface area contributed by atoms with Crippen molar-refractivity contribution in [2.24, 2.45) is 0 Å². The Balaban J connectivity index is 1.71. The third kappa shape index (κ3) is 3.54. The highest BCUT2D eigenvalue weighted by molar-refractivity contribution is 6.00. The minimum absolute atomic E-state index is 0.250. The number of hydrogen-bond acceptors (Lipinski definition) is 5. The lowest BCUT2D eigenvalue weighted by Gasteiger charge is -2.13. The van der Waals surface area contributed by atoms with E-state index in [-0.39, 0.29) is 6.04 Å². The molecule has 6 nitrogen and oxygen atoms in total. The van der Waals surface area contributed by atoms with Gasteiger partial charge in [-0.3, -0.25) is 0 Å². The molecule has 0 aliphatic carbocycles. The maximum absolute atomic E-state index is 9.94. The first-order valence-electron chi connectivity index (χ1n) is 9.62. The van der Waals surface area contributed by atoms with Gasteiger partial charge in [0.1, 0.15) is 29.3 Å². The van der Waals surface area contributed by atoms with E-state index in [9.17, 15) is 5.11 Å². The number of aliphatic hydroxyl groups is 1. The molecule has 1 unspecified atom stereocenters.